The Bertz CT molecular complexity index is 1230. The summed E-state index contributed by atoms with van der Waals surface area (Å²) in [5.74, 6) is 2.17. The molecule has 0 aliphatic heterocycles. The summed E-state index contributed by atoms with van der Waals surface area (Å²) in [7, 11) is 1.65. The Kier molecular flexibility index (Phi) is 6.29. The summed E-state index contributed by atoms with van der Waals surface area (Å²) in [4.78, 5) is 16.8. The third-order valence-corrected chi connectivity index (χ3v) is 5.97. The third-order valence-electron chi connectivity index (χ3n) is 5.97. The first kappa shape index (κ1) is 21.8. The van der Waals surface area contributed by atoms with Gasteiger partial charge in [0.25, 0.3) is 0 Å². The number of hydrogen-bond acceptors (Lipinski definition) is 6. The zero-order valence-electron chi connectivity index (χ0n) is 18.9. The van der Waals surface area contributed by atoms with Crippen LogP contribution < -0.4 is 14.8 Å². The van der Waals surface area contributed by atoms with Crippen molar-refractivity contribution in [3.63, 3.8) is 0 Å². The first-order valence-corrected chi connectivity index (χ1v) is 11.4. The van der Waals surface area contributed by atoms with Gasteiger partial charge >= 0.3 is 6.01 Å². The van der Waals surface area contributed by atoms with Crippen LogP contribution >= 0.6 is 0 Å². The summed E-state index contributed by atoms with van der Waals surface area (Å²) in [6.45, 7) is 0.431. The van der Waals surface area contributed by atoms with Crippen molar-refractivity contribution < 1.29 is 18.7 Å². The minimum Gasteiger partial charge on any atom is -0.497 e. The molecule has 1 saturated carbocycles. The molecule has 8 heteroatoms. The van der Waals surface area contributed by atoms with Gasteiger partial charge in [-0.2, -0.15) is 4.98 Å². The zero-order valence-corrected chi connectivity index (χ0v) is 18.9. The Morgan fingerprint density at radius 3 is 2.56 bits per heavy atom. The Balaban J connectivity index is 1.30. The van der Waals surface area contributed by atoms with Crippen LogP contribution in [0.15, 0.2) is 71.3 Å². The normalized spacial score (nSPS) is 13.3. The monoisotopic (exact) mass is 458 g/mol. The van der Waals surface area contributed by atoms with Gasteiger partial charge in [0.05, 0.1) is 25.7 Å². The summed E-state index contributed by atoms with van der Waals surface area (Å²) < 4.78 is 18.3. The molecule has 0 unspecified atom stereocenters. The Hall–Kier alpha value is -4.07. The molecular weight excluding hydrogens is 432 g/mol. The molecule has 0 spiro atoms. The van der Waals surface area contributed by atoms with Crippen LogP contribution in [0.2, 0.25) is 0 Å². The second-order valence-corrected chi connectivity index (χ2v) is 8.22. The zero-order chi connectivity index (χ0) is 23.3. The highest BCUT2D eigenvalue weighted by Gasteiger charge is 2.25. The van der Waals surface area contributed by atoms with E-state index >= 15 is 0 Å². The van der Waals surface area contributed by atoms with Crippen LogP contribution in [0, 0.1) is 5.92 Å². The number of anilines is 1. The first-order valence-electron chi connectivity index (χ1n) is 11.4. The van der Waals surface area contributed by atoms with Crippen LogP contribution in [0.25, 0.3) is 17.3 Å². The SMILES string of the molecule is COc1ccc(CCOc2nc(-c3ccco3)n(-c3ccc(NC(=O)C4CCC4)cc3)n2)cc1. The number of nitrogens with zero attached hydrogens (tertiary/aromatic N) is 3. The second kappa shape index (κ2) is 9.82. The van der Waals surface area contributed by atoms with E-state index in [1.807, 2.05) is 54.6 Å². The summed E-state index contributed by atoms with van der Waals surface area (Å²) in [6, 6.07) is 19.3. The lowest BCUT2D eigenvalue weighted by atomic mass is 9.85. The van der Waals surface area contributed by atoms with Crippen molar-refractivity contribution in [3.8, 4) is 29.0 Å². The first-order chi connectivity index (χ1) is 16.7. The van der Waals surface area contributed by atoms with Gasteiger partial charge in [0.1, 0.15) is 5.75 Å². The number of aromatic nitrogens is 3. The molecule has 4 aromatic rings. The number of rotatable bonds is 9. The summed E-state index contributed by atoms with van der Waals surface area (Å²) in [5.41, 5.74) is 2.67. The van der Waals surface area contributed by atoms with E-state index in [9.17, 15) is 4.79 Å². The number of methoxy groups -OCH3 is 1. The van der Waals surface area contributed by atoms with Gasteiger partial charge in [-0.05, 0) is 66.9 Å². The summed E-state index contributed by atoms with van der Waals surface area (Å²) >= 11 is 0. The topological polar surface area (TPSA) is 91.4 Å². The fourth-order valence-corrected chi connectivity index (χ4v) is 3.75. The number of benzene rings is 2. The van der Waals surface area contributed by atoms with Crippen molar-refractivity contribution in [1.82, 2.24) is 14.8 Å². The lowest BCUT2D eigenvalue weighted by Gasteiger charge is -2.24. The molecule has 0 bridgehead atoms. The quantitative estimate of drug-likeness (QED) is 0.384. The van der Waals surface area contributed by atoms with E-state index in [-0.39, 0.29) is 17.8 Å². The van der Waals surface area contributed by atoms with Gasteiger partial charge in [0.15, 0.2) is 5.76 Å². The van der Waals surface area contributed by atoms with Crippen LogP contribution in [0.4, 0.5) is 5.69 Å². The molecule has 1 aliphatic rings. The highest BCUT2D eigenvalue weighted by Crippen LogP contribution is 2.28. The van der Waals surface area contributed by atoms with Crippen LogP contribution in [-0.4, -0.2) is 34.4 Å². The predicted octanol–water partition coefficient (Wildman–Crippen LogP) is 4.90. The highest BCUT2D eigenvalue weighted by molar-refractivity contribution is 5.93. The number of carbonyl (C=O) groups excluding carboxylic acids is 1. The van der Waals surface area contributed by atoms with Crippen LogP contribution in [0.1, 0.15) is 24.8 Å². The maximum Gasteiger partial charge on any atom is 0.336 e. The van der Waals surface area contributed by atoms with Gasteiger partial charge in [0, 0.05) is 18.0 Å². The Labute approximate surface area is 197 Å². The van der Waals surface area contributed by atoms with E-state index in [0.29, 0.717) is 24.6 Å². The standard InChI is InChI=1S/C26H26N4O4/c1-32-22-13-7-18(8-14-22)15-17-34-26-28-24(23-6-3-16-33-23)30(29-26)21-11-9-20(10-12-21)27-25(31)19-4-2-5-19/h3,6-14,16,19H,2,4-5,15,17H2,1H3,(H,27,31). The van der Waals surface area contributed by atoms with Crippen molar-refractivity contribution in [3.05, 3.63) is 72.5 Å². The lowest BCUT2D eigenvalue weighted by Crippen LogP contribution is -2.27. The molecule has 0 saturated heterocycles. The molecule has 1 amide bonds. The summed E-state index contributed by atoms with van der Waals surface area (Å²) in [6.07, 6.45) is 5.37. The smallest absolute Gasteiger partial charge is 0.336 e. The van der Waals surface area contributed by atoms with Crippen LogP contribution in [-0.2, 0) is 11.2 Å². The molecule has 174 valence electrons. The van der Waals surface area contributed by atoms with E-state index in [4.69, 9.17) is 13.9 Å². The summed E-state index contributed by atoms with van der Waals surface area (Å²) in [5, 5.41) is 7.54. The predicted molar refractivity (Wildman–Crippen MR) is 127 cm³/mol. The van der Waals surface area contributed by atoms with Gasteiger partial charge < -0.3 is 19.2 Å². The second-order valence-electron chi connectivity index (χ2n) is 8.22. The van der Waals surface area contributed by atoms with Gasteiger partial charge in [0.2, 0.25) is 11.7 Å². The molecule has 5 rings (SSSR count). The van der Waals surface area contributed by atoms with E-state index in [1.54, 1.807) is 24.1 Å². The molecule has 1 fully saturated rings. The molecular formula is C26H26N4O4. The highest BCUT2D eigenvalue weighted by atomic mass is 16.5. The number of amides is 1. The van der Waals surface area contributed by atoms with Crippen molar-refractivity contribution in [2.75, 3.05) is 19.0 Å². The van der Waals surface area contributed by atoms with Crippen molar-refractivity contribution in [1.29, 1.82) is 0 Å². The van der Waals surface area contributed by atoms with E-state index in [1.165, 1.54) is 0 Å². The minimum atomic E-state index is 0.0866. The van der Waals surface area contributed by atoms with Crippen LogP contribution in [0.5, 0.6) is 11.8 Å². The number of ether oxygens (including phenoxy) is 2. The molecule has 1 N–H and O–H groups in total. The van der Waals surface area contributed by atoms with Crippen molar-refractivity contribution in [2.24, 2.45) is 5.92 Å². The van der Waals surface area contributed by atoms with Gasteiger partial charge in [-0.3, -0.25) is 4.79 Å². The molecule has 2 aromatic heterocycles. The van der Waals surface area contributed by atoms with Gasteiger partial charge in [-0.1, -0.05) is 18.6 Å². The van der Waals surface area contributed by atoms with Gasteiger partial charge in [-0.15, -0.1) is 5.10 Å². The molecule has 1 aliphatic carbocycles. The Morgan fingerprint density at radius 2 is 1.91 bits per heavy atom. The van der Waals surface area contributed by atoms with Crippen molar-refractivity contribution >= 4 is 11.6 Å². The average molecular weight is 459 g/mol. The fourth-order valence-electron chi connectivity index (χ4n) is 3.75. The maximum absolute atomic E-state index is 12.2. The lowest BCUT2D eigenvalue weighted by molar-refractivity contribution is -0.122. The molecule has 2 aromatic carbocycles. The average Bonchev–Trinajstić information content (AvgIpc) is 3.49. The molecule has 2 heterocycles. The van der Waals surface area contributed by atoms with Crippen LogP contribution in [0.3, 0.4) is 0 Å². The van der Waals surface area contributed by atoms with E-state index in [0.717, 1.165) is 42.0 Å². The number of carbonyl (C=O) groups is 1. The number of nitrogens with one attached hydrogen (secondary N) is 1. The maximum atomic E-state index is 12.2. The van der Waals surface area contributed by atoms with Gasteiger partial charge in [-0.25, -0.2) is 4.68 Å². The molecule has 8 nitrogen and oxygen atoms in total. The molecule has 0 atom stereocenters. The third kappa shape index (κ3) is 4.80. The van der Waals surface area contributed by atoms with E-state index in [2.05, 4.69) is 15.4 Å². The van der Waals surface area contributed by atoms with Crippen molar-refractivity contribution in [2.45, 2.75) is 25.7 Å². The number of hydrogen-bond donors (Lipinski definition) is 1. The molecule has 0 radical (unpaired) electrons. The molecule has 34 heavy (non-hydrogen) atoms. The Morgan fingerprint density at radius 1 is 1.12 bits per heavy atom. The number of furan rings is 1. The largest absolute Gasteiger partial charge is 0.497 e. The fraction of sp³-hybridized carbons (Fsp3) is 0.269. The van der Waals surface area contributed by atoms with E-state index < -0.39 is 0 Å². The minimum absolute atomic E-state index is 0.0866.